The smallest absolute Gasteiger partial charge is 0.449 e. The summed E-state index contributed by atoms with van der Waals surface area (Å²) in [5.41, 5.74) is 1.87. The Kier molecular flexibility index (Phi) is 5.69. The molecule has 2 aromatic rings. The summed E-state index contributed by atoms with van der Waals surface area (Å²) in [4.78, 5) is 11.3. The number of halogens is 5. The third kappa shape index (κ3) is 4.67. The van der Waals surface area contributed by atoms with E-state index < -0.39 is 29.9 Å². The Morgan fingerprint density at radius 1 is 1.18 bits per heavy atom. The van der Waals surface area contributed by atoms with Crippen molar-refractivity contribution in [3.63, 3.8) is 0 Å². The number of rotatable bonds is 3. The minimum atomic E-state index is -5.10. The summed E-state index contributed by atoms with van der Waals surface area (Å²) in [6.45, 7) is 1.89. The number of alkyl halides is 3. The van der Waals surface area contributed by atoms with Gasteiger partial charge in [0.2, 0.25) is 0 Å². The lowest BCUT2D eigenvalue weighted by Gasteiger charge is -2.20. The van der Waals surface area contributed by atoms with E-state index in [0.29, 0.717) is 17.5 Å². The van der Waals surface area contributed by atoms with Crippen LogP contribution in [0.4, 0.5) is 22.0 Å². The molecule has 1 N–H and O–H groups in total. The van der Waals surface area contributed by atoms with Gasteiger partial charge in [-0.1, -0.05) is 18.2 Å². The molecule has 0 spiro atoms. The van der Waals surface area contributed by atoms with Gasteiger partial charge >= 0.3 is 12.1 Å². The molecule has 1 aliphatic heterocycles. The van der Waals surface area contributed by atoms with Crippen molar-refractivity contribution in [1.29, 1.82) is 0 Å². The predicted molar refractivity (Wildman–Crippen MR) is 91.7 cm³/mol. The first-order valence-corrected chi connectivity index (χ1v) is 8.70. The summed E-state index contributed by atoms with van der Waals surface area (Å²) >= 11 is 0. The first kappa shape index (κ1) is 20.3. The van der Waals surface area contributed by atoms with E-state index in [0.717, 1.165) is 23.8 Å². The Hall–Kier alpha value is -2.48. The monoisotopic (exact) mass is 399 g/mol. The third-order valence-corrected chi connectivity index (χ3v) is 4.62. The summed E-state index contributed by atoms with van der Waals surface area (Å²) in [6.07, 6.45) is -5.64. The van der Waals surface area contributed by atoms with Crippen molar-refractivity contribution in [2.45, 2.75) is 38.1 Å². The molecule has 28 heavy (non-hydrogen) atoms. The predicted octanol–water partition coefficient (Wildman–Crippen LogP) is 4.24. The summed E-state index contributed by atoms with van der Waals surface area (Å²) in [7, 11) is 0. The standard InChI is InChI=1S/C20H18F5NO2/c1-11-6-13-3-2-12(7-14-9-15(21)4-5-17(14)22)8-16(13)18(10-26-11)28-19(27)20(23,24)25/h2-5,8-9,11,18,26H,6-7,10H2,1H3/t11-,18?/m0/s1. The molecule has 0 aliphatic carbocycles. The minimum absolute atomic E-state index is 0.0216. The first-order valence-electron chi connectivity index (χ1n) is 8.70. The van der Waals surface area contributed by atoms with Crippen LogP contribution in [0.2, 0.25) is 0 Å². The summed E-state index contributed by atoms with van der Waals surface area (Å²) in [5.74, 6) is -3.42. The van der Waals surface area contributed by atoms with Crippen molar-refractivity contribution >= 4 is 5.97 Å². The van der Waals surface area contributed by atoms with Gasteiger partial charge in [-0.25, -0.2) is 13.6 Å². The molecule has 0 radical (unpaired) electrons. The van der Waals surface area contributed by atoms with Crippen LogP contribution in [0.25, 0.3) is 0 Å². The molecule has 1 aliphatic rings. The molecular formula is C20H18F5NO2. The normalized spacial score (nSPS) is 19.6. The van der Waals surface area contributed by atoms with E-state index in [-0.39, 0.29) is 24.6 Å². The van der Waals surface area contributed by atoms with Crippen LogP contribution in [-0.4, -0.2) is 24.7 Å². The highest BCUT2D eigenvalue weighted by Gasteiger charge is 2.43. The first-order chi connectivity index (χ1) is 13.1. The second-order valence-corrected chi connectivity index (χ2v) is 6.85. The average Bonchev–Trinajstić information content (AvgIpc) is 2.76. The number of hydrogen-bond donors (Lipinski definition) is 1. The van der Waals surface area contributed by atoms with E-state index in [9.17, 15) is 26.7 Å². The lowest BCUT2D eigenvalue weighted by molar-refractivity contribution is -0.205. The van der Waals surface area contributed by atoms with Crippen LogP contribution in [0, 0.1) is 11.6 Å². The van der Waals surface area contributed by atoms with Crippen LogP contribution in [0.3, 0.4) is 0 Å². The van der Waals surface area contributed by atoms with Crippen LogP contribution in [-0.2, 0) is 22.4 Å². The molecule has 3 rings (SSSR count). The van der Waals surface area contributed by atoms with Crippen molar-refractivity contribution in [1.82, 2.24) is 5.32 Å². The van der Waals surface area contributed by atoms with E-state index in [4.69, 9.17) is 4.74 Å². The Labute approximate surface area is 158 Å². The zero-order chi connectivity index (χ0) is 20.5. The van der Waals surface area contributed by atoms with Crippen LogP contribution in [0.5, 0.6) is 0 Å². The molecule has 150 valence electrons. The molecule has 2 aromatic carbocycles. The molecule has 0 fully saturated rings. The van der Waals surface area contributed by atoms with Crippen molar-refractivity contribution < 1.29 is 31.5 Å². The van der Waals surface area contributed by atoms with Crippen LogP contribution in [0.1, 0.15) is 35.3 Å². The average molecular weight is 399 g/mol. The van der Waals surface area contributed by atoms with Crippen molar-refractivity contribution in [2.75, 3.05) is 6.54 Å². The fraction of sp³-hybridized carbons (Fsp3) is 0.350. The molecule has 0 saturated carbocycles. The lowest BCUT2D eigenvalue weighted by atomic mass is 9.94. The number of carbonyl (C=O) groups is 1. The second kappa shape index (κ2) is 7.87. The van der Waals surface area contributed by atoms with Gasteiger partial charge < -0.3 is 10.1 Å². The second-order valence-electron chi connectivity index (χ2n) is 6.85. The molecule has 0 bridgehead atoms. The maximum atomic E-state index is 13.9. The highest BCUT2D eigenvalue weighted by Crippen LogP contribution is 2.30. The Morgan fingerprint density at radius 3 is 2.64 bits per heavy atom. The molecule has 1 heterocycles. The number of nitrogens with one attached hydrogen (secondary N) is 1. The van der Waals surface area contributed by atoms with E-state index in [1.54, 1.807) is 18.2 Å². The number of fused-ring (bicyclic) bond motifs is 1. The van der Waals surface area contributed by atoms with E-state index in [1.165, 1.54) is 0 Å². The Balaban J connectivity index is 1.93. The Bertz CT molecular complexity index is 881. The van der Waals surface area contributed by atoms with E-state index in [2.05, 4.69) is 5.32 Å². The van der Waals surface area contributed by atoms with Gasteiger partial charge in [0.15, 0.2) is 0 Å². The maximum absolute atomic E-state index is 13.9. The summed E-state index contributed by atoms with van der Waals surface area (Å²) in [6, 6.07) is 8.10. The summed E-state index contributed by atoms with van der Waals surface area (Å²) in [5, 5.41) is 3.03. The van der Waals surface area contributed by atoms with Gasteiger partial charge in [-0.2, -0.15) is 13.2 Å². The fourth-order valence-corrected chi connectivity index (χ4v) is 3.26. The quantitative estimate of drug-likeness (QED) is 0.620. The fourth-order valence-electron chi connectivity index (χ4n) is 3.26. The van der Waals surface area contributed by atoms with Gasteiger partial charge in [-0.3, -0.25) is 0 Å². The molecule has 3 nitrogen and oxygen atoms in total. The largest absolute Gasteiger partial charge is 0.490 e. The van der Waals surface area contributed by atoms with Crippen LogP contribution in [0.15, 0.2) is 36.4 Å². The molecule has 1 unspecified atom stereocenters. The molecule has 0 aromatic heterocycles. The Morgan fingerprint density at radius 2 is 1.93 bits per heavy atom. The SMILES string of the molecule is C[C@H]1Cc2ccc(Cc3cc(F)ccc3F)cc2C(OC(=O)C(F)(F)F)CN1. The molecule has 8 heteroatoms. The van der Waals surface area contributed by atoms with Crippen LogP contribution >= 0.6 is 0 Å². The number of hydrogen-bond acceptors (Lipinski definition) is 3. The highest BCUT2D eigenvalue weighted by molar-refractivity contribution is 5.76. The van der Waals surface area contributed by atoms with Gasteiger partial charge in [-0.15, -0.1) is 0 Å². The third-order valence-electron chi connectivity index (χ3n) is 4.62. The van der Waals surface area contributed by atoms with Crippen molar-refractivity contribution in [3.8, 4) is 0 Å². The minimum Gasteiger partial charge on any atom is -0.449 e. The van der Waals surface area contributed by atoms with Gasteiger partial charge in [0.1, 0.15) is 17.7 Å². The topological polar surface area (TPSA) is 38.3 Å². The van der Waals surface area contributed by atoms with Crippen molar-refractivity contribution in [2.24, 2.45) is 0 Å². The maximum Gasteiger partial charge on any atom is 0.490 e. The van der Waals surface area contributed by atoms with Gasteiger partial charge in [0.25, 0.3) is 0 Å². The van der Waals surface area contributed by atoms with Gasteiger partial charge in [0, 0.05) is 19.0 Å². The molecule has 0 saturated heterocycles. The van der Waals surface area contributed by atoms with Crippen molar-refractivity contribution in [3.05, 3.63) is 70.3 Å². The zero-order valence-corrected chi connectivity index (χ0v) is 14.9. The van der Waals surface area contributed by atoms with E-state index in [1.807, 2.05) is 6.92 Å². The molecular weight excluding hydrogens is 381 g/mol. The molecule has 0 amide bonds. The molecule has 2 atom stereocenters. The van der Waals surface area contributed by atoms with Gasteiger partial charge in [-0.05, 0) is 53.8 Å². The summed E-state index contributed by atoms with van der Waals surface area (Å²) < 4.78 is 69.9. The number of esters is 1. The lowest BCUT2D eigenvalue weighted by Crippen LogP contribution is -2.33. The highest BCUT2D eigenvalue weighted by atomic mass is 19.4. The van der Waals surface area contributed by atoms with Crippen LogP contribution < -0.4 is 5.32 Å². The van der Waals surface area contributed by atoms with Gasteiger partial charge in [0.05, 0.1) is 0 Å². The number of benzene rings is 2. The zero-order valence-electron chi connectivity index (χ0n) is 14.9. The number of carbonyl (C=O) groups excluding carboxylic acids is 1. The number of ether oxygens (including phenoxy) is 1. The van der Waals surface area contributed by atoms with E-state index >= 15 is 0 Å².